The van der Waals surface area contributed by atoms with Gasteiger partial charge in [-0.15, -0.1) is 12.4 Å². The third-order valence-corrected chi connectivity index (χ3v) is 5.73. The first kappa shape index (κ1) is 19.0. The lowest BCUT2D eigenvalue weighted by atomic mass is 9.94. The highest BCUT2D eigenvalue weighted by Gasteiger charge is 2.26. The average molecular weight is 345 g/mol. The van der Waals surface area contributed by atoms with Crippen LogP contribution in [0.2, 0.25) is 0 Å². The molecule has 22 heavy (non-hydrogen) atoms. The van der Waals surface area contributed by atoms with E-state index in [1.807, 2.05) is 31.2 Å². The van der Waals surface area contributed by atoms with Crippen LogP contribution in [0, 0.1) is 0 Å². The predicted octanol–water partition coefficient (Wildman–Crippen LogP) is 2.43. The molecular formula is C16H25ClN2O2S. The molecule has 2 rings (SSSR count). The van der Waals surface area contributed by atoms with E-state index in [1.165, 1.54) is 0 Å². The van der Waals surface area contributed by atoms with Gasteiger partial charge in [-0.1, -0.05) is 25.5 Å². The quantitative estimate of drug-likeness (QED) is 0.806. The number of hydrogen-bond acceptors (Lipinski definition) is 3. The predicted molar refractivity (Wildman–Crippen MR) is 94.7 cm³/mol. The van der Waals surface area contributed by atoms with Crippen molar-refractivity contribution in [3.8, 4) is 0 Å². The van der Waals surface area contributed by atoms with Gasteiger partial charge in [0, 0.05) is 33.5 Å². The van der Waals surface area contributed by atoms with Crippen molar-refractivity contribution in [2.24, 2.45) is 0 Å². The second-order valence-corrected chi connectivity index (χ2v) is 7.65. The van der Waals surface area contributed by atoms with Gasteiger partial charge in [0.15, 0.2) is 0 Å². The van der Waals surface area contributed by atoms with E-state index in [0.717, 1.165) is 31.2 Å². The van der Waals surface area contributed by atoms with Crippen LogP contribution in [0.1, 0.15) is 38.2 Å². The molecule has 1 amide bonds. The average Bonchev–Trinajstić information content (AvgIpc) is 2.49. The summed E-state index contributed by atoms with van der Waals surface area (Å²) in [4.78, 5) is 12.1. The van der Waals surface area contributed by atoms with E-state index in [1.54, 1.807) is 0 Å². The molecule has 3 unspecified atom stereocenters. The Hall–Kier alpha value is -1.07. The van der Waals surface area contributed by atoms with Crippen LogP contribution in [0.15, 0.2) is 24.3 Å². The molecule has 1 aromatic carbocycles. The van der Waals surface area contributed by atoms with Crippen LogP contribution in [0.5, 0.6) is 0 Å². The third-order valence-electron chi connectivity index (χ3n) is 3.99. The summed E-state index contributed by atoms with van der Waals surface area (Å²) in [5.41, 5.74) is 7.30. The van der Waals surface area contributed by atoms with Crippen molar-refractivity contribution in [1.82, 2.24) is 5.32 Å². The number of rotatable bonds is 5. The highest BCUT2D eigenvalue weighted by atomic mass is 35.5. The summed E-state index contributed by atoms with van der Waals surface area (Å²) in [7, 11) is -0.755. The fraction of sp³-hybridized carbons (Fsp3) is 0.562. The maximum Gasteiger partial charge on any atom is 0.224 e. The van der Waals surface area contributed by atoms with E-state index in [9.17, 15) is 9.00 Å². The van der Waals surface area contributed by atoms with Crippen molar-refractivity contribution in [1.29, 1.82) is 0 Å². The number of carbonyl (C=O) groups is 1. The lowest BCUT2D eigenvalue weighted by molar-refractivity contribution is -0.121. The minimum Gasteiger partial charge on any atom is -0.399 e. The molecule has 0 bridgehead atoms. The van der Waals surface area contributed by atoms with E-state index >= 15 is 0 Å². The monoisotopic (exact) mass is 344 g/mol. The number of amides is 1. The zero-order chi connectivity index (χ0) is 15.2. The SMILES string of the molecule is CCS(=O)C1CCCC(NC(=O)Cc2ccc(N)cc2)C1.Cl. The number of benzene rings is 1. The van der Waals surface area contributed by atoms with E-state index < -0.39 is 10.8 Å². The second-order valence-electron chi connectivity index (χ2n) is 5.64. The van der Waals surface area contributed by atoms with Gasteiger partial charge >= 0.3 is 0 Å². The van der Waals surface area contributed by atoms with Gasteiger partial charge in [-0.25, -0.2) is 0 Å². The zero-order valence-corrected chi connectivity index (χ0v) is 14.6. The molecule has 6 heteroatoms. The largest absolute Gasteiger partial charge is 0.399 e. The van der Waals surface area contributed by atoms with Gasteiger partial charge in [-0.3, -0.25) is 9.00 Å². The summed E-state index contributed by atoms with van der Waals surface area (Å²) in [5.74, 6) is 0.740. The van der Waals surface area contributed by atoms with Crippen LogP contribution in [0.3, 0.4) is 0 Å². The number of nitrogens with two attached hydrogens (primary N) is 1. The molecule has 1 fully saturated rings. The number of anilines is 1. The van der Waals surface area contributed by atoms with Gasteiger partial charge in [0.05, 0.1) is 6.42 Å². The Morgan fingerprint density at radius 1 is 1.32 bits per heavy atom. The van der Waals surface area contributed by atoms with Crippen molar-refractivity contribution < 1.29 is 9.00 Å². The van der Waals surface area contributed by atoms with Crippen LogP contribution in [-0.4, -0.2) is 27.2 Å². The summed E-state index contributed by atoms with van der Waals surface area (Å²) in [5, 5.41) is 3.33. The number of halogens is 1. The lowest BCUT2D eigenvalue weighted by Gasteiger charge is -2.29. The molecule has 3 N–H and O–H groups in total. The maximum atomic E-state index is 12.1. The molecule has 1 aliphatic rings. The standard InChI is InChI=1S/C16H24N2O2S.ClH/c1-2-21(20)15-5-3-4-14(11-15)18-16(19)10-12-6-8-13(17)9-7-12;/h6-9,14-15H,2-5,10-11,17H2,1H3,(H,18,19);1H. The first-order valence-electron chi connectivity index (χ1n) is 7.59. The van der Waals surface area contributed by atoms with Crippen molar-refractivity contribution >= 4 is 34.8 Å². The minimum atomic E-state index is -0.755. The molecule has 0 aliphatic heterocycles. The number of nitrogens with one attached hydrogen (secondary N) is 1. The molecule has 1 aromatic rings. The first-order valence-corrected chi connectivity index (χ1v) is 8.97. The molecule has 3 atom stereocenters. The molecule has 124 valence electrons. The van der Waals surface area contributed by atoms with Gasteiger partial charge in [0.2, 0.25) is 5.91 Å². The second kappa shape index (κ2) is 9.16. The van der Waals surface area contributed by atoms with Crippen LogP contribution < -0.4 is 11.1 Å². The van der Waals surface area contributed by atoms with E-state index in [0.29, 0.717) is 17.9 Å². The van der Waals surface area contributed by atoms with Gasteiger partial charge in [-0.2, -0.15) is 0 Å². The normalized spacial score (nSPS) is 22.4. The highest BCUT2D eigenvalue weighted by molar-refractivity contribution is 7.85. The van der Waals surface area contributed by atoms with Crippen LogP contribution in [0.25, 0.3) is 0 Å². The van der Waals surface area contributed by atoms with Crippen LogP contribution in [0.4, 0.5) is 5.69 Å². The molecule has 4 nitrogen and oxygen atoms in total. The molecule has 0 aromatic heterocycles. The Balaban J connectivity index is 0.00000242. The van der Waals surface area contributed by atoms with E-state index in [2.05, 4.69) is 5.32 Å². The third kappa shape index (κ3) is 5.61. The Bertz CT molecular complexity index is 507. The minimum absolute atomic E-state index is 0. The maximum absolute atomic E-state index is 12.1. The van der Waals surface area contributed by atoms with Gasteiger partial charge in [0.25, 0.3) is 0 Å². The summed E-state index contributed by atoms with van der Waals surface area (Å²) in [6, 6.07) is 7.54. The Labute approximate surface area is 141 Å². The first-order chi connectivity index (χ1) is 10.1. The highest BCUT2D eigenvalue weighted by Crippen LogP contribution is 2.23. The summed E-state index contributed by atoms with van der Waals surface area (Å²) < 4.78 is 11.9. The van der Waals surface area contributed by atoms with Gasteiger partial charge < -0.3 is 11.1 Å². The van der Waals surface area contributed by atoms with Crippen molar-refractivity contribution in [2.45, 2.75) is 50.3 Å². The van der Waals surface area contributed by atoms with Gasteiger partial charge in [-0.05, 0) is 37.0 Å². The molecule has 1 saturated carbocycles. The fourth-order valence-corrected chi connectivity index (χ4v) is 4.20. The summed E-state index contributed by atoms with van der Waals surface area (Å²) in [6.07, 6.45) is 4.27. The molecule has 0 spiro atoms. The number of hydrogen-bond donors (Lipinski definition) is 2. The van der Waals surface area contributed by atoms with Crippen LogP contribution in [-0.2, 0) is 22.0 Å². The molecule has 0 saturated heterocycles. The molecular weight excluding hydrogens is 320 g/mol. The Morgan fingerprint density at radius 3 is 2.64 bits per heavy atom. The van der Waals surface area contributed by atoms with E-state index in [4.69, 9.17) is 5.73 Å². The molecule has 0 radical (unpaired) electrons. The lowest BCUT2D eigenvalue weighted by Crippen LogP contribution is -2.41. The fourth-order valence-electron chi connectivity index (χ4n) is 2.85. The van der Waals surface area contributed by atoms with Crippen molar-refractivity contribution in [3.05, 3.63) is 29.8 Å². The number of carbonyl (C=O) groups excluding carboxylic acids is 1. The smallest absolute Gasteiger partial charge is 0.224 e. The Kier molecular flexibility index (Phi) is 7.90. The summed E-state index contributed by atoms with van der Waals surface area (Å²) >= 11 is 0. The topological polar surface area (TPSA) is 72.2 Å². The molecule has 1 aliphatic carbocycles. The van der Waals surface area contributed by atoms with Crippen molar-refractivity contribution in [2.75, 3.05) is 11.5 Å². The zero-order valence-electron chi connectivity index (χ0n) is 12.9. The summed E-state index contributed by atoms with van der Waals surface area (Å²) in [6.45, 7) is 1.96. The van der Waals surface area contributed by atoms with Crippen molar-refractivity contribution in [3.63, 3.8) is 0 Å². The molecule has 0 heterocycles. The Morgan fingerprint density at radius 2 is 2.00 bits per heavy atom. The number of nitrogen functional groups attached to an aromatic ring is 1. The van der Waals surface area contributed by atoms with Gasteiger partial charge in [0.1, 0.15) is 0 Å². The van der Waals surface area contributed by atoms with Crippen LogP contribution >= 0.6 is 12.4 Å². The van der Waals surface area contributed by atoms with E-state index in [-0.39, 0.29) is 29.6 Å².